The lowest BCUT2D eigenvalue weighted by Crippen LogP contribution is -2.09. The average molecular weight is 282 g/mol. The first kappa shape index (κ1) is 12.8. The zero-order chi connectivity index (χ0) is 14.1. The number of hydrogen-bond acceptors (Lipinski definition) is 4. The lowest BCUT2D eigenvalue weighted by Gasteiger charge is -2.11. The van der Waals surface area contributed by atoms with Gasteiger partial charge in [0.25, 0.3) is 0 Å². The maximum Gasteiger partial charge on any atom is 0.221 e. The molecule has 1 aromatic heterocycles. The average Bonchev–Trinajstić information content (AvgIpc) is 2.90. The zero-order valence-electron chi connectivity index (χ0n) is 11.3. The molecule has 4 heteroatoms. The fourth-order valence-electron chi connectivity index (χ4n) is 2.00. The molecule has 0 atom stereocenters. The van der Waals surface area contributed by atoms with E-state index in [1.807, 2.05) is 67.5 Å². The SMILES string of the molecule is CN(C)c1ccc(C(=O)c2nc3ccccc3s2)cc1. The molecular weight excluding hydrogens is 268 g/mol. The lowest BCUT2D eigenvalue weighted by atomic mass is 10.1. The molecule has 0 fully saturated rings. The Morgan fingerprint density at radius 1 is 1.05 bits per heavy atom. The largest absolute Gasteiger partial charge is 0.378 e. The number of rotatable bonds is 3. The molecule has 0 saturated carbocycles. The van der Waals surface area contributed by atoms with E-state index < -0.39 is 0 Å². The minimum absolute atomic E-state index is 0.0171. The van der Waals surface area contributed by atoms with E-state index in [9.17, 15) is 4.79 Å². The number of para-hydroxylation sites is 1. The highest BCUT2D eigenvalue weighted by Gasteiger charge is 2.14. The van der Waals surface area contributed by atoms with E-state index in [1.165, 1.54) is 11.3 Å². The Kier molecular flexibility index (Phi) is 3.24. The summed E-state index contributed by atoms with van der Waals surface area (Å²) < 4.78 is 1.04. The Morgan fingerprint density at radius 2 is 1.75 bits per heavy atom. The third-order valence-electron chi connectivity index (χ3n) is 3.13. The maximum atomic E-state index is 12.4. The molecule has 0 aliphatic rings. The topological polar surface area (TPSA) is 33.2 Å². The molecule has 3 nitrogen and oxygen atoms in total. The molecule has 0 saturated heterocycles. The van der Waals surface area contributed by atoms with E-state index >= 15 is 0 Å². The van der Waals surface area contributed by atoms with Gasteiger partial charge in [-0.1, -0.05) is 12.1 Å². The van der Waals surface area contributed by atoms with E-state index in [1.54, 1.807) is 0 Å². The molecule has 20 heavy (non-hydrogen) atoms. The number of thiazole rings is 1. The molecule has 0 unspecified atom stereocenters. The second-order valence-electron chi connectivity index (χ2n) is 4.76. The number of anilines is 1. The Balaban J connectivity index is 1.95. The predicted molar refractivity (Wildman–Crippen MR) is 83.8 cm³/mol. The summed E-state index contributed by atoms with van der Waals surface area (Å²) in [6, 6.07) is 15.4. The molecule has 100 valence electrons. The van der Waals surface area contributed by atoms with E-state index in [0.29, 0.717) is 10.6 Å². The quantitative estimate of drug-likeness (QED) is 0.688. The molecule has 0 amide bonds. The maximum absolute atomic E-state index is 12.4. The molecule has 0 spiro atoms. The van der Waals surface area contributed by atoms with Gasteiger partial charge in [0.15, 0.2) is 5.01 Å². The van der Waals surface area contributed by atoms with Crippen LogP contribution in [0.3, 0.4) is 0 Å². The van der Waals surface area contributed by atoms with Crippen LogP contribution in [0.1, 0.15) is 15.4 Å². The number of fused-ring (bicyclic) bond motifs is 1. The monoisotopic (exact) mass is 282 g/mol. The van der Waals surface area contributed by atoms with Crippen molar-refractivity contribution in [1.82, 2.24) is 4.98 Å². The fourth-order valence-corrected chi connectivity index (χ4v) is 2.93. The molecule has 3 rings (SSSR count). The van der Waals surface area contributed by atoms with Crippen molar-refractivity contribution in [2.45, 2.75) is 0 Å². The van der Waals surface area contributed by atoms with Crippen LogP contribution >= 0.6 is 11.3 Å². The van der Waals surface area contributed by atoms with Gasteiger partial charge < -0.3 is 4.90 Å². The zero-order valence-corrected chi connectivity index (χ0v) is 12.1. The molecule has 0 N–H and O–H groups in total. The number of benzene rings is 2. The van der Waals surface area contributed by atoms with E-state index in [-0.39, 0.29) is 5.78 Å². The molecule has 0 bridgehead atoms. The van der Waals surface area contributed by atoms with Crippen molar-refractivity contribution >= 4 is 33.0 Å². The molecule has 0 aliphatic heterocycles. The molecule has 3 aromatic rings. The lowest BCUT2D eigenvalue weighted by molar-refractivity contribution is 0.103. The van der Waals surface area contributed by atoms with Gasteiger partial charge in [0.1, 0.15) is 0 Å². The standard InChI is InChI=1S/C16H14N2OS/c1-18(2)12-9-7-11(8-10-12)15(19)16-17-13-5-3-4-6-14(13)20-16/h3-10H,1-2H3. The van der Waals surface area contributed by atoms with E-state index in [2.05, 4.69) is 4.98 Å². The van der Waals surface area contributed by atoms with Gasteiger partial charge in [-0.15, -0.1) is 11.3 Å². The Hall–Kier alpha value is -2.20. The summed E-state index contributed by atoms with van der Waals surface area (Å²) in [6.07, 6.45) is 0. The third-order valence-corrected chi connectivity index (χ3v) is 4.17. The number of ketones is 1. The third kappa shape index (κ3) is 2.30. The van der Waals surface area contributed by atoms with Gasteiger partial charge in [0.2, 0.25) is 5.78 Å². The first-order valence-corrected chi connectivity index (χ1v) is 7.14. The second kappa shape index (κ2) is 5.06. The molecule has 0 radical (unpaired) electrons. The summed E-state index contributed by atoms with van der Waals surface area (Å²) in [5.41, 5.74) is 2.63. The molecule has 0 aliphatic carbocycles. The number of hydrogen-bond donors (Lipinski definition) is 0. The van der Waals surface area contributed by atoms with Crippen molar-refractivity contribution in [3.05, 3.63) is 59.1 Å². The number of carbonyl (C=O) groups is 1. The highest BCUT2D eigenvalue weighted by molar-refractivity contribution is 7.20. The van der Waals surface area contributed by atoms with Crippen LogP contribution in [0.2, 0.25) is 0 Å². The number of carbonyl (C=O) groups excluding carboxylic acids is 1. The second-order valence-corrected chi connectivity index (χ2v) is 5.79. The van der Waals surface area contributed by atoms with Crippen LogP contribution in [0.15, 0.2) is 48.5 Å². The van der Waals surface area contributed by atoms with E-state index in [4.69, 9.17) is 0 Å². The van der Waals surface area contributed by atoms with E-state index in [0.717, 1.165) is 15.9 Å². The van der Waals surface area contributed by atoms with Crippen molar-refractivity contribution in [3.63, 3.8) is 0 Å². The van der Waals surface area contributed by atoms with Gasteiger partial charge in [0.05, 0.1) is 10.2 Å². The van der Waals surface area contributed by atoms with Crippen molar-refractivity contribution in [2.24, 2.45) is 0 Å². The van der Waals surface area contributed by atoms with Crippen LogP contribution in [-0.2, 0) is 0 Å². The predicted octanol–water partition coefficient (Wildman–Crippen LogP) is 3.59. The van der Waals surface area contributed by atoms with Crippen LogP contribution < -0.4 is 4.90 Å². The smallest absolute Gasteiger partial charge is 0.221 e. The summed E-state index contributed by atoms with van der Waals surface area (Å²) in [5.74, 6) is -0.0171. The first-order chi connectivity index (χ1) is 9.65. The van der Waals surface area contributed by atoms with Crippen LogP contribution in [-0.4, -0.2) is 24.9 Å². The number of nitrogens with zero attached hydrogens (tertiary/aromatic N) is 2. The fraction of sp³-hybridized carbons (Fsp3) is 0.125. The van der Waals surface area contributed by atoms with Crippen molar-refractivity contribution in [1.29, 1.82) is 0 Å². The normalized spacial score (nSPS) is 10.7. The number of aromatic nitrogens is 1. The van der Waals surface area contributed by atoms with Crippen LogP contribution in [0.5, 0.6) is 0 Å². The highest BCUT2D eigenvalue weighted by atomic mass is 32.1. The van der Waals surface area contributed by atoms with Crippen molar-refractivity contribution in [2.75, 3.05) is 19.0 Å². The minimum atomic E-state index is -0.0171. The molecular formula is C16H14N2OS. The van der Waals surface area contributed by atoms with Crippen LogP contribution in [0.25, 0.3) is 10.2 Å². The van der Waals surface area contributed by atoms with Gasteiger partial charge in [-0.25, -0.2) is 4.98 Å². The van der Waals surface area contributed by atoms with Gasteiger partial charge in [-0.2, -0.15) is 0 Å². The van der Waals surface area contributed by atoms with Crippen LogP contribution in [0, 0.1) is 0 Å². The summed E-state index contributed by atoms with van der Waals surface area (Å²) >= 11 is 1.44. The van der Waals surface area contributed by atoms with Crippen molar-refractivity contribution in [3.8, 4) is 0 Å². The Labute approximate surface area is 121 Å². The molecule has 2 aromatic carbocycles. The summed E-state index contributed by atoms with van der Waals surface area (Å²) in [6.45, 7) is 0. The Morgan fingerprint density at radius 3 is 2.40 bits per heavy atom. The van der Waals surface area contributed by atoms with Gasteiger partial charge in [0, 0.05) is 25.3 Å². The van der Waals surface area contributed by atoms with Gasteiger partial charge in [-0.05, 0) is 36.4 Å². The van der Waals surface area contributed by atoms with Gasteiger partial charge in [-0.3, -0.25) is 4.79 Å². The first-order valence-electron chi connectivity index (χ1n) is 6.33. The van der Waals surface area contributed by atoms with Crippen LogP contribution in [0.4, 0.5) is 5.69 Å². The summed E-state index contributed by atoms with van der Waals surface area (Å²) in [5, 5.41) is 0.545. The van der Waals surface area contributed by atoms with Crippen molar-refractivity contribution < 1.29 is 4.79 Å². The highest BCUT2D eigenvalue weighted by Crippen LogP contribution is 2.24. The summed E-state index contributed by atoms with van der Waals surface area (Å²) in [4.78, 5) is 18.8. The van der Waals surface area contributed by atoms with Gasteiger partial charge >= 0.3 is 0 Å². The summed E-state index contributed by atoms with van der Waals surface area (Å²) in [7, 11) is 3.95. The molecule has 1 heterocycles. The minimum Gasteiger partial charge on any atom is -0.378 e. The Bertz CT molecular complexity index is 727.